The monoisotopic (exact) mass is 156 g/mol. The van der Waals surface area contributed by atoms with Gasteiger partial charge in [0, 0.05) is 13.6 Å². The van der Waals surface area contributed by atoms with Gasteiger partial charge in [0.2, 0.25) is 0 Å². The fraction of sp³-hybridized carbons (Fsp3) is 0.400. The van der Waals surface area contributed by atoms with E-state index in [1.54, 1.807) is 7.05 Å². The molecule has 0 unspecified atom stereocenters. The molecule has 0 saturated heterocycles. The van der Waals surface area contributed by atoms with Crippen LogP contribution in [0.25, 0.3) is 0 Å². The van der Waals surface area contributed by atoms with Crippen LogP contribution in [0.2, 0.25) is 0 Å². The predicted octanol–water partition coefficient (Wildman–Crippen LogP) is -1.03. The van der Waals surface area contributed by atoms with Crippen molar-refractivity contribution in [2.24, 2.45) is 12.8 Å². The Morgan fingerprint density at radius 2 is 2.45 bits per heavy atom. The summed E-state index contributed by atoms with van der Waals surface area (Å²) in [4.78, 5) is 10.4. The van der Waals surface area contributed by atoms with Crippen molar-refractivity contribution in [3.8, 4) is 0 Å². The van der Waals surface area contributed by atoms with Crippen LogP contribution in [0, 0.1) is 0 Å². The van der Waals surface area contributed by atoms with Gasteiger partial charge in [0.25, 0.3) is 0 Å². The van der Waals surface area contributed by atoms with E-state index in [0.717, 1.165) is 0 Å². The molecule has 1 rings (SSSR count). The van der Waals surface area contributed by atoms with Gasteiger partial charge in [-0.05, 0) is 0 Å². The first-order valence-corrected chi connectivity index (χ1v) is 2.98. The molecule has 0 aliphatic heterocycles. The molecule has 0 fully saturated rings. The Kier molecular flexibility index (Phi) is 1.86. The largest absolute Gasteiger partial charge is 0.476 e. The summed E-state index contributed by atoms with van der Waals surface area (Å²) in [6, 6.07) is 0. The number of hydrogen-bond donors (Lipinski definition) is 2. The van der Waals surface area contributed by atoms with E-state index in [2.05, 4.69) is 10.3 Å². The average Bonchev–Trinajstić information content (AvgIpc) is 2.30. The van der Waals surface area contributed by atoms with Crippen molar-refractivity contribution in [2.75, 3.05) is 0 Å². The van der Waals surface area contributed by atoms with Gasteiger partial charge in [-0.15, -0.1) is 5.10 Å². The van der Waals surface area contributed by atoms with Crippen molar-refractivity contribution < 1.29 is 9.90 Å². The van der Waals surface area contributed by atoms with E-state index in [9.17, 15) is 4.79 Å². The molecule has 1 aromatic rings. The molecule has 0 spiro atoms. The highest BCUT2D eigenvalue weighted by atomic mass is 16.4. The molecule has 0 aliphatic carbocycles. The lowest BCUT2D eigenvalue weighted by atomic mass is 10.3. The number of rotatable bonds is 2. The van der Waals surface area contributed by atoms with E-state index in [0.29, 0.717) is 5.69 Å². The van der Waals surface area contributed by atoms with Gasteiger partial charge >= 0.3 is 5.97 Å². The average molecular weight is 156 g/mol. The molecular formula is C5H8N4O2. The Balaban J connectivity index is 3.15. The van der Waals surface area contributed by atoms with Gasteiger partial charge in [-0.3, -0.25) is 4.68 Å². The molecular weight excluding hydrogens is 148 g/mol. The third kappa shape index (κ3) is 1.20. The fourth-order valence-corrected chi connectivity index (χ4v) is 0.772. The Bertz CT molecular complexity index is 280. The summed E-state index contributed by atoms with van der Waals surface area (Å²) in [5, 5.41) is 15.5. The standard InChI is InChI=1S/C5H8N4O2/c1-9-3(2-6)4(5(10)11)7-8-9/h2,6H2,1H3,(H,10,11). The zero-order valence-electron chi connectivity index (χ0n) is 5.98. The number of nitrogens with two attached hydrogens (primary N) is 1. The van der Waals surface area contributed by atoms with Crippen LogP contribution in [0.15, 0.2) is 0 Å². The number of aromatic carboxylic acids is 1. The van der Waals surface area contributed by atoms with Gasteiger partial charge in [-0.2, -0.15) is 0 Å². The van der Waals surface area contributed by atoms with Crippen molar-refractivity contribution in [2.45, 2.75) is 6.54 Å². The van der Waals surface area contributed by atoms with Gasteiger partial charge in [-0.1, -0.05) is 5.21 Å². The van der Waals surface area contributed by atoms with E-state index in [1.165, 1.54) is 4.68 Å². The van der Waals surface area contributed by atoms with E-state index < -0.39 is 5.97 Å². The summed E-state index contributed by atoms with van der Waals surface area (Å²) in [6.07, 6.45) is 0. The summed E-state index contributed by atoms with van der Waals surface area (Å²) < 4.78 is 1.35. The maximum Gasteiger partial charge on any atom is 0.358 e. The molecule has 0 atom stereocenters. The zero-order valence-corrected chi connectivity index (χ0v) is 5.98. The summed E-state index contributed by atoms with van der Waals surface area (Å²) >= 11 is 0. The van der Waals surface area contributed by atoms with Gasteiger partial charge in [0.15, 0.2) is 5.69 Å². The van der Waals surface area contributed by atoms with E-state index in [4.69, 9.17) is 10.8 Å². The molecule has 0 radical (unpaired) electrons. The second kappa shape index (κ2) is 2.67. The summed E-state index contributed by atoms with van der Waals surface area (Å²) in [5.74, 6) is -1.10. The van der Waals surface area contributed by atoms with Gasteiger partial charge in [0.05, 0.1) is 5.69 Å². The first-order chi connectivity index (χ1) is 5.16. The normalized spacial score (nSPS) is 10.0. The highest BCUT2D eigenvalue weighted by molar-refractivity contribution is 5.86. The van der Waals surface area contributed by atoms with E-state index in [1.807, 2.05) is 0 Å². The van der Waals surface area contributed by atoms with Crippen LogP contribution in [0.4, 0.5) is 0 Å². The molecule has 0 aromatic carbocycles. The summed E-state index contributed by atoms with van der Waals surface area (Å²) in [7, 11) is 1.60. The Hall–Kier alpha value is -1.43. The number of nitrogens with zero attached hydrogens (tertiary/aromatic N) is 3. The first-order valence-electron chi connectivity index (χ1n) is 2.98. The molecule has 1 aromatic heterocycles. The maximum absolute atomic E-state index is 10.4. The number of carboxylic acid groups (broad SMARTS) is 1. The molecule has 0 saturated carbocycles. The molecule has 0 aliphatic rings. The highest BCUT2D eigenvalue weighted by Gasteiger charge is 2.14. The molecule has 1 heterocycles. The first kappa shape index (κ1) is 7.67. The van der Waals surface area contributed by atoms with E-state index >= 15 is 0 Å². The number of hydrogen-bond acceptors (Lipinski definition) is 4. The quantitative estimate of drug-likeness (QED) is 0.571. The van der Waals surface area contributed by atoms with Gasteiger partial charge in [-0.25, -0.2) is 4.79 Å². The Labute approximate surface area is 62.6 Å². The van der Waals surface area contributed by atoms with Crippen molar-refractivity contribution in [1.29, 1.82) is 0 Å². The minimum atomic E-state index is -1.10. The van der Waals surface area contributed by atoms with Crippen LogP contribution >= 0.6 is 0 Å². The highest BCUT2D eigenvalue weighted by Crippen LogP contribution is 2.01. The predicted molar refractivity (Wildman–Crippen MR) is 35.9 cm³/mol. The van der Waals surface area contributed by atoms with Gasteiger partial charge < -0.3 is 10.8 Å². The lowest BCUT2D eigenvalue weighted by Crippen LogP contribution is -2.09. The van der Waals surface area contributed by atoms with Crippen LogP contribution in [0.3, 0.4) is 0 Å². The number of carbonyl (C=O) groups is 1. The summed E-state index contributed by atoms with van der Waals surface area (Å²) in [6.45, 7) is 0.130. The smallest absolute Gasteiger partial charge is 0.358 e. The van der Waals surface area contributed by atoms with Crippen molar-refractivity contribution >= 4 is 5.97 Å². The SMILES string of the molecule is Cn1nnc(C(=O)O)c1CN. The lowest BCUT2D eigenvalue weighted by molar-refractivity contribution is 0.0689. The topological polar surface area (TPSA) is 94.0 Å². The Morgan fingerprint density at radius 3 is 2.82 bits per heavy atom. The third-order valence-corrected chi connectivity index (χ3v) is 1.34. The van der Waals surface area contributed by atoms with Gasteiger partial charge in [0.1, 0.15) is 0 Å². The van der Waals surface area contributed by atoms with E-state index in [-0.39, 0.29) is 12.2 Å². The molecule has 6 heteroatoms. The van der Waals surface area contributed by atoms with Crippen LogP contribution in [-0.2, 0) is 13.6 Å². The molecule has 60 valence electrons. The molecule has 11 heavy (non-hydrogen) atoms. The number of aryl methyl sites for hydroxylation is 1. The lowest BCUT2D eigenvalue weighted by Gasteiger charge is -1.94. The van der Waals surface area contributed by atoms with Crippen molar-refractivity contribution in [3.05, 3.63) is 11.4 Å². The number of aromatic nitrogens is 3. The molecule has 3 N–H and O–H groups in total. The van der Waals surface area contributed by atoms with Crippen LogP contribution in [0.1, 0.15) is 16.2 Å². The van der Waals surface area contributed by atoms with Crippen LogP contribution < -0.4 is 5.73 Å². The fourth-order valence-electron chi connectivity index (χ4n) is 0.772. The minimum absolute atomic E-state index is 0.0741. The van der Waals surface area contributed by atoms with Crippen molar-refractivity contribution in [3.63, 3.8) is 0 Å². The third-order valence-electron chi connectivity index (χ3n) is 1.34. The Morgan fingerprint density at radius 1 is 1.82 bits per heavy atom. The maximum atomic E-state index is 10.4. The molecule has 0 bridgehead atoms. The van der Waals surface area contributed by atoms with Crippen molar-refractivity contribution in [1.82, 2.24) is 15.0 Å². The second-order valence-corrected chi connectivity index (χ2v) is 2.02. The second-order valence-electron chi connectivity index (χ2n) is 2.02. The molecule has 0 amide bonds. The van der Waals surface area contributed by atoms with Crippen LogP contribution in [0.5, 0.6) is 0 Å². The molecule has 6 nitrogen and oxygen atoms in total. The zero-order chi connectivity index (χ0) is 8.43. The summed E-state index contributed by atoms with van der Waals surface area (Å²) in [5.41, 5.74) is 5.62. The van der Waals surface area contributed by atoms with Crippen LogP contribution in [-0.4, -0.2) is 26.1 Å². The number of carboxylic acids is 1. The minimum Gasteiger partial charge on any atom is -0.476 e.